The second-order valence-corrected chi connectivity index (χ2v) is 5.98. The normalized spacial score (nSPS) is 25.8. The number of nitrogens with one attached hydrogen (secondary N) is 1. The van der Waals surface area contributed by atoms with Crippen LogP contribution in [0.4, 0.5) is 0 Å². The van der Waals surface area contributed by atoms with Crippen molar-refractivity contribution in [3.05, 3.63) is 0 Å². The highest BCUT2D eigenvalue weighted by Gasteiger charge is 2.37. The maximum absolute atomic E-state index is 12.4. The molecular formula is C14H27N3O2. The molecule has 2 aliphatic rings. The van der Waals surface area contributed by atoms with Crippen molar-refractivity contribution < 1.29 is 9.53 Å². The van der Waals surface area contributed by atoms with Gasteiger partial charge in [0.25, 0.3) is 0 Å². The van der Waals surface area contributed by atoms with E-state index in [1.165, 1.54) is 32.1 Å². The van der Waals surface area contributed by atoms with E-state index in [1.54, 1.807) is 0 Å². The van der Waals surface area contributed by atoms with E-state index in [1.807, 2.05) is 0 Å². The molecule has 0 bridgehead atoms. The van der Waals surface area contributed by atoms with E-state index in [0.717, 1.165) is 0 Å². The van der Waals surface area contributed by atoms with Crippen molar-refractivity contribution in [1.29, 1.82) is 0 Å². The topological polar surface area (TPSA) is 90.4 Å². The molecule has 0 radical (unpaired) electrons. The van der Waals surface area contributed by atoms with Crippen molar-refractivity contribution in [3.8, 4) is 0 Å². The summed E-state index contributed by atoms with van der Waals surface area (Å²) in [5.74, 6) is 0.475. The fourth-order valence-corrected chi connectivity index (χ4v) is 3.18. The van der Waals surface area contributed by atoms with Crippen LogP contribution >= 0.6 is 0 Å². The number of ether oxygens (including phenoxy) is 1. The lowest BCUT2D eigenvalue weighted by molar-refractivity contribution is -0.130. The van der Waals surface area contributed by atoms with Crippen LogP contribution in [0.3, 0.4) is 0 Å². The minimum atomic E-state index is -0.764. The van der Waals surface area contributed by atoms with Crippen LogP contribution < -0.4 is 16.8 Å². The molecule has 0 aromatic heterocycles. The molecule has 5 N–H and O–H groups in total. The van der Waals surface area contributed by atoms with Gasteiger partial charge in [0.15, 0.2) is 0 Å². The van der Waals surface area contributed by atoms with Gasteiger partial charge in [-0.3, -0.25) is 4.79 Å². The molecule has 1 aliphatic heterocycles. The lowest BCUT2D eigenvalue weighted by Gasteiger charge is -2.36. The maximum Gasteiger partial charge on any atom is 0.240 e. The lowest BCUT2D eigenvalue weighted by atomic mass is 9.83. The van der Waals surface area contributed by atoms with Crippen LogP contribution in [0.5, 0.6) is 0 Å². The first-order valence-electron chi connectivity index (χ1n) is 7.53. The molecule has 5 heteroatoms. The summed E-state index contributed by atoms with van der Waals surface area (Å²) in [6, 6.07) is 0.0797. The Balaban J connectivity index is 1.91. The van der Waals surface area contributed by atoms with Crippen LogP contribution in [-0.2, 0) is 9.53 Å². The maximum atomic E-state index is 12.4. The van der Waals surface area contributed by atoms with E-state index in [4.69, 9.17) is 16.2 Å². The molecular weight excluding hydrogens is 242 g/mol. The van der Waals surface area contributed by atoms with Crippen molar-refractivity contribution in [3.63, 3.8) is 0 Å². The lowest BCUT2D eigenvalue weighted by Crippen LogP contribution is -2.60. The van der Waals surface area contributed by atoms with E-state index < -0.39 is 5.54 Å². The summed E-state index contributed by atoms with van der Waals surface area (Å²) < 4.78 is 5.28. The Kier molecular flexibility index (Phi) is 5.19. The van der Waals surface area contributed by atoms with E-state index in [0.29, 0.717) is 38.5 Å². The van der Waals surface area contributed by atoms with Gasteiger partial charge in [-0.25, -0.2) is 0 Å². The van der Waals surface area contributed by atoms with Crippen molar-refractivity contribution in [2.24, 2.45) is 17.4 Å². The van der Waals surface area contributed by atoms with E-state index in [9.17, 15) is 4.79 Å². The average molecular weight is 269 g/mol. The van der Waals surface area contributed by atoms with Crippen molar-refractivity contribution >= 4 is 5.91 Å². The summed E-state index contributed by atoms with van der Waals surface area (Å²) in [7, 11) is 0. The first kappa shape index (κ1) is 14.8. The highest BCUT2D eigenvalue weighted by Crippen LogP contribution is 2.27. The molecule has 110 valence electrons. The number of carbonyl (C=O) groups is 1. The summed E-state index contributed by atoms with van der Waals surface area (Å²) >= 11 is 0. The second kappa shape index (κ2) is 6.68. The molecule has 19 heavy (non-hydrogen) atoms. The molecule has 1 saturated heterocycles. The molecule has 1 atom stereocenters. The molecule has 1 amide bonds. The van der Waals surface area contributed by atoms with Gasteiger partial charge in [-0.15, -0.1) is 0 Å². The Morgan fingerprint density at radius 1 is 1.26 bits per heavy atom. The van der Waals surface area contributed by atoms with Crippen molar-refractivity contribution in [2.45, 2.75) is 56.5 Å². The number of hydrogen-bond donors (Lipinski definition) is 3. The smallest absolute Gasteiger partial charge is 0.240 e. The Hall–Kier alpha value is -0.650. The molecule has 1 saturated carbocycles. The predicted molar refractivity (Wildman–Crippen MR) is 74.5 cm³/mol. The summed E-state index contributed by atoms with van der Waals surface area (Å²) in [6.07, 6.45) is 7.34. The van der Waals surface area contributed by atoms with Crippen LogP contribution in [0.15, 0.2) is 0 Å². The molecule has 1 heterocycles. The molecule has 0 spiro atoms. The Morgan fingerprint density at radius 3 is 2.47 bits per heavy atom. The van der Waals surface area contributed by atoms with Crippen LogP contribution in [0, 0.1) is 5.92 Å². The molecule has 0 aromatic rings. The molecule has 5 nitrogen and oxygen atoms in total. The Morgan fingerprint density at radius 2 is 1.89 bits per heavy atom. The highest BCUT2D eigenvalue weighted by atomic mass is 16.5. The zero-order chi connectivity index (χ0) is 13.7. The number of nitrogens with two attached hydrogens (primary N) is 2. The molecule has 2 rings (SSSR count). The number of hydrogen-bond acceptors (Lipinski definition) is 4. The highest BCUT2D eigenvalue weighted by molar-refractivity contribution is 5.86. The Bertz CT molecular complexity index is 297. The first-order valence-corrected chi connectivity index (χ1v) is 7.53. The molecule has 1 unspecified atom stereocenters. The van der Waals surface area contributed by atoms with Gasteiger partial charge in [0.2, 0.25) is 5.91 Å². The monoisotopic (exact) mass is 269 g/mol. The third-order valence-electron chi connectivity index (χ3n) is 4.63. The second-order valence-electron chi connectivity index (χ2n) is 5.98. The summed E-state index contributed by atoms with van der Waals surface area (Å²) in [4.78, 5) is 12.4. The fraction of sp³-hybridized carbons (Fsp3) is 0.929. The number of amides is 1. The van der Waals surface area contributed by atoms with Gasteiger partial charge < -0.3 is 21.5 Å². The average Bonchev–Trinajstić information content (AvgIpc) is 2.46. The van der Waals surface area contributed by atoms with Crippen LogP contribution in [0.25, 0.3) is 0 Å². The first-order chi connectivity index (χ1) is 9.15. The molecule has 1 aliphatic carbocycles. The zero-order valence-electron chi connectivity index (χ0n) is 11.7. The van der Waals surface area contributed by atoms with Crippen molar-refractivity contribution in [2.75, 3.05) is 19.8 Å². The summed E-state index contributed by atoms with van der Waals surface area (Å²) in [5.41, 5.74) is 11.3. The van der Waals surface area contributed by atoms with Gasteiger partial charge in [0.05, 0.1) is 5.54 Å². The largest absolute Gasteiger partial charge is 0.381 e. The molecule has 2 fully saturated rings. The van der Waals surface area contributed by atoms with Crippen LogP contribution in [0.1, 0.15) is 44.9 Å². The third kappa shape index (κ3) is 3.68. The third-order valence-corrected chi connectivity index (χ3v) is 4.63. The SMILES string of the molecule is NCC(NC(=O)C1(N)CCOCC1)C1CCCCC1. The fourth-order valence-electron chi connectivity index (χ4n) is 3.18. The summed E-state index contributed by atoms with van der Waals surface area (Å²) in [5, 5.41) is 3.10. The van der Waals surface area contributed by atoms with Gasteiger partial charge in [-0.1, -0.05) is 19.3 Å². The van der Waals surface area contributed by atoms with Gasteiger partial charge in [-0.05, 0) is 31.6 Å². The van der Waals surface area contributed by atoms with E-state index >= 15 is 0 Å². The van der Waals surface area contributed by atoms with Gasteiger partial charge in [0.1, 0.15) is 0 Å². The Labute approximate surface area is 115 Å². The summed E-state index contributed by atoms with van der Waals surface area (Å²) in [6.45, 7) is 1.64. The quantitative estimate of drug-likeness (QED) is 0.694. The van der Waals surface area contributed by atoms with Crippen LogP contribution in [-0.4, -0.2) is 37.2 Å². The minimum Gasteiger partial charge on any atom is -0.381 e. The van der Waals surface area contributed by atoms with Crippen molar-refractivity contribution in [1.82, 2.24) is 5.32 Å². The number of rotatable bonds is 4. The van der Waals surface area contributed by atoms with Gasteiger partial charge >= 0.3 is 0 Å². The van der Waals surface area contributed by atoms with E-state index in [2.05, 4.69) is 5.32 Å². The minimum absolute atomic E-state index is 0.0446. The van der Waals surface area contributed by atoms with Gasteiger partial charge in [0, 0.05) is 25.8 Å². The predicted octanol–water partition coefficient (Wildman–Crippen LogP) is 0.518. The zero-order valence-corrected chi connectivity index (χ0v) is 11.7. The standard InChI is InChI=1S/C14H27N3O2/c15-10-12(11-4-2-1-3-5-11)17-13(18)14(16)6-8-19-9-7-14/h11-12H,1-10,15-16H2,(H,17,18). The van der Waals surface area contributed by atoms with Crippen LogP contribution in [0.2, 0.25) is 0 Å². The van der Waals surface area contributed by atoms with Gasteiger partial charge in [-0.2, -0.15) is 0 Å². The van der Waals surface area contributed by atoms with E-state index in [-0.39, 0.29) is 11.9 Å². The number of carbonyl (C=O) groups excluding carboxylic acids is 1. The molecule has 0 aromatic carbocycles.